The third kappa shape index (κ3) is 9.64. The molecule has 0 aliphatic heterocycles. The Balaban J connectivity index is 0. The Kier molecular flexibility index (Phi) is 14.1. The zero-order chi connectivity index (χ0) is 12.4. The van der Waals surface area contributed by atoms with Gasteiger partial charge in [0.1, 0.15) is 0 Å². The summed E-state index contributed by atoms with van der Waals surface area (Å²) in [4.78, 5) is 4.19. The molecule has 0 rings (SSSR count). The first kappa shape index (κ1) is 19.3. The predicted octanol–water partition coefficient (Wildman–Crippen LogP) is 2.24. The SMILES string of the molecule is CCC(CC)CNC(=NC)NC(C)COC.I. The van der Waals surface area contributed by atoms with Crippen molar-refractivity contribution in [3.63, 3.8) is 0 Å². The molecule has 5 heteroatoms. The third-order valence-electron chi connectivity index (χ3n) is 2.74. The van der Waals surface area contributed by atoms with Gasteiger partial charge in [-0.2, -0.15) is 0 Å². The van der Waals surface area contributed by atoms with Crippen LogP contribution in [0.4, 0.5) is 0 Å². The van der Waals surface area contributed by atoms with E-state index in [4.69, 9.17) is 4.74 Å². The molecular weight excluding hydrogens is 329 g/mol. The summed E-state index contributed by atoms with van der Waals surface area (Å²) in [6.45, 7) is 8.19. The molecule has 0 aliphatic rings. The average molecular weight is 357 g/mol. The quantitative estimate of drug-likeness (QED) is 0.417. The van der Waals surface area contributed by atoms with Gasteiger partial charge in [-0.25, -0.2) is 0 Å². The molecule has 0 spiro atoms. The van der Waals surface area contributed by atoms with Gasteiger partial charge in [0.15, 0.2) is 5.96 Å². The Morgan fingerprint density at radius 3 is 2.29 bits per heavy atom. The van der Waals surface area contributed by atoms with E-state index in [1.54, 1.807) is 14.2 Å². The molecule has 0 bridgehead atoms. The number of hydrogen-bond donors (Lipinski definition) is 2. The van der Waals surface area contributed by atoms with E-state index in [1.165, 1.54) is 12.8 Å². The lowest BCUT2D eigenvalue weighted by atomic mass is 10.0. The molecule has 104 valence electrons. The molecule has 1 atom stereocenters. The normalized spacial score (nSPS) is 13.2. The van der Waals surface area contributed by atoms with E-state index in [-0.39, 0.29) is 30.0 Å². The van der Waals surface area contributed by atoms with Crippen molar-refractivity contribution in [2.75, 3.05) is 27.3 Å². The maximum atomic E-state index is 5.07. The fraction of sp³-hybridized carbons (Fsp3) is 0.917. The highest BCUT2D eigenvalue weighted by atomic mass is 127. The van der Waals surface area contributed by atoms with Gasteiger partial charge in [0.05, 0.1) is 6.61 Å². The van der Waals surface area contributed by atoms with Crippen molar-refractivity contribution in [3.05, 3.63) is 0 Å². The fourth-order valence-corrected chi connectivity index (χ4v) is 1.54. The molecule has 2 N–H and O–H groups in total. The van der Waals surface area contributed by atoms with Gasteiger partial charge in [-0.1, -0.05) is 26.7 Å². The summed E-state index contributed by atoms with van der Waals surface area (Å²) in [5.74, 6) is 1.58. The van der Waals surface area contributed by atoms with Gasteiger partial charge in [-0.15, -0.1) is 24.0 Å². The van der Waals surface area contributed by atoms with Crippen molar-refractivity contribution in [1.29, 1.82) is 0 Å². The Bertz CT molecular complexity index is 196. The molecule has 0 aromatic heterocycles. The second-order valence-corrected chi connectivity index (χ2v) is 4.14. The van der Waals surface area contributed by atoms with Crippen LogP contribution in [0.25, 0.3) is 0 Å². The number of aliphatic imine (C=N–C) groups is 1. The zero-order valence-corrected chi connectivity index (χ0v) is 14.1. The van der Waals surface area contributed by atoms with Gasteiger partial charge in [0, 0.05) is 26.7 Å². The van der Waals surface area contributed by atoms with Crippen LogP contribution in [0.3, 0.4) is 0 Å². The summed E-state index contributed by atoms with van der Waals surface area (Å²) in [6.07, 6.45) is 2.40. The van der Waals surface area contributed by atoms with Crippen molar-refractivity contribution in [2.24, 2.45) is 10.9 Å². The number of hydrogen-bond acceptors (Lipinski definition) is 2. The van der Waals surface area contributed by atoms with Crippen LogP contribution in [0, 0.1) is 5.92 Å². The average Bonchev–Trinajstić information content (AvgIpc) is 2.29. The smallest absolute Gasteiger partial charge is 0.191 e. The molecule has 1 unspecified atom stereocenters. The van der Waals surface area contributed by atoms with Crippen molar-refractivity contribution < 1.29 is 4.74 Å². The maximum Gasteiger partial charge on any atom is 0.191 e. The fourth-order valence-electron chi connectivity index (χ4n) is 1.54. The van der Waals surface area contributed by atoms with Gasteiger partial charge < -0.3 is 15.4 Å². The lowest BCUT2D eigenvalue weighted by Crippen LogP contribution is -2.45. The molecule has 0 heterocycles. The van der Waals surface area contributed by atoms with Crippen LogP contribution in [0.1, 0.15) is 33.6 Å². The Morgan fingerprint density at radius 1 is 1.29 bits per heavy atom. The maximum absolute atomic E-state index is 5.07. The molecule has 0 saturated carbocycles. The van der Waals surface area contributed by atoms with Crippen LogP contribution >= 0.6 is 24.0 Å². The van der Waals surface area contributed by atoms with E-state index in [9.17, 15) is 0 Å². The number of nitrogens with one attached hydrogen (secondary N) is 2. The topological polar surface area (TPSA) is 45.7 Å². The zero-order valence-electron chi connectivity index (χ0n) is 11.7. The Morgan fingerprint density at radius 2 is 1.88 bits per heavy atom. The second kappa shape index (κ2) is 12.4. The van der Waals surface area contributed by atoms with Crippen LogP contribution in [0.15, 0.2) is 4.99 Å². The Hall–Kier alpha value is -0.0400. The highest BCUT2D eigenvalue weighted by Crippen LogP contribution is 2.04. The number of nitrogens with zero attached hydrogens (tertiary/aromatic N) is 1. The molecule has 0 fully saturated rings. The first-order chi connectivity index (χ1) is 7.67. The minimum Gasteiger partial charge on any atom is -0.383 e. The number of rotatable bonds is 7. The van der Waals surface area contributed by atoms with E-state index in [0.29, 0.717) is 6.61 Å². The first-order valence-electron chi connectivity index (χ1n) is 6.13. The predicted molar refractivity (Wildman–Crippen MR) is 85.3 cm³/mol. The van der Waals surface area contributed by atoms with Crippen molar-refractivity contribution in [2.45, 2.75) is 39.7 Å². The van der Waals surface area contributed by atoms with Crippen LogP contribution < -0.4 is 10.6 Å². The van der Waals surface area contributed by atoms with Crippen LogP contribution in [0.2, 0.25) is 0 Å². The van der Waals surface area contributed by atoms with Gasteiger partial charge in [-0.05, 0) is 12.8 Å². The molecule has 4 nitrogen and oxygen atoms in total. The van der Waals surface area contributed by atoms with Gasteiger partial charge in [0.2, 0.25) is 0 Å². The van der Waals surface area contributed by atoms with Crippen molar-refractivity contribution >= 4 is 29.9 Å². The summed E-state index contributed by atoms with van der Waals surface area (Å²) in [7, 11) is 3.50. The minimum atomic E-state index is 0. The molecule has 0 saturated heterocycles. The van der Waals surface area contributed by atoms with E-state index in [1.807, 2.05) is 0 Å². The van der Waals surface area contributed by atoms with E-state index in [2.05, 4.69) is 36.4 Å². The molecule has 0 aromatic carbocycles. The highest BCUT2D eigenvalue weighted by molar-refractivity contribution is 14.0. The highest BCUT2D eigenvalue weighted by Gasteiger charge is 2.07. The van der Waals surface area contributed by atoms with Crippen molar-refractivity contribution in [3.8, 4) is 0 Å². The van der Waals surface area contributed by atoms with Gasteiger partial charge >= 0.3 is 0 Å². The summed E-state index contributed by atoms with van der Waals surface area (Å²) in [6, 6.07) is 0.276. The van der Waals surface area contributed by atoms with Gasteiger partial charge in [-0.3, -0.25) is 4.99 Å². The van der Waals surface area contributed by atoms with Crippen LogP contribution in [-0.2, 0) is 4.74 Å². The lowest BCUT2D eigenvalue weighted by molar-refractivity contribution is 0.179. The third-order valence-corrected chi connectivity index (χ3v) is 2.74. The summed E-state index contributed by atoms with van der Waals surface area (Å²) in [5, 5.41) is 6.63. The molecule has 0 aliphatic carbocycles. The first-order valence-corrected chi connectivity index (χ1v) is 6.13. The van der Waals surface area contributed by atoms with E-state index >= 15 is 0 Å². The molecule has 0 aromatic rings. The lowest BCUT2D eigenvalue weighted by Gasteiger charge is -2.19. The van der Waals surface area contributed by atoms with Crippen molar-refractivity contribution in [1.82, 2.24) is 10.6 Å². The number of halogens is 1. The standard InChI is InChI=1S/C12H27N3O.HI/c1-6-11(7-2)8-14-12(13-4)15-10(3)9-16-5;/h10-11H,6-9H2,1-5H3,(H2,13,14,15);1H. The van der Waals surface area contributed by atoms with Gasteiger partial charge in [0.25, 0.3) is 0 Å². The summed E-state index contributed by atoms with van der Waals surface area (Å²) >= 11 is 0. The van der Waals surface area contributed by atoms with E-state index in [0.717, 1.165) is 18.4 Å². The van der Waals surface area contributed by atoms with Crippen LogP contribution in [-0.4, -0.2) is 39.3 Å². The van der Waals surface area contributed by atoms with E-state index < -0.39 is 0 Å². The number of ether oxygens (including phenoxy) is 1. The molecule has 0 amide bonds. The Labute approximate surface area is 123 Å². The number of guanidine groups is 1. The largest absolute Gasteiger partial charge is 0.383 e. The monoisotopic (exact) mass is 357 g/mol. The summed E-state index contributed by atoms with van der Waals surface area (Å²) < 4.78 is 5.07. The molecule has 0 radical (unpaired) electrons. The second-order valence-electron chi connectivity index (χ2n) is 4.14. The summed E-state index contributed by atoms with van der Waals surface area (Å²) in [5.41, 5.74) is 0. The molecule has 17 heavy (non-hydrogen) atoms. The van der Waals surface area contributed by atoms with Crippen LogP contribution in [0.5, 0.6) is 0 Å². The minimum absolute atomic E-state index is 0. The molecular formula is C12H28IN3O. The number of methoxy groups -OCH3 is 1.